The lowest BCUT2D eigenvalue weighted by Gasteiger charge is -2.45. The van der Waals surface area contributed by atoms with Crippen LogP contribution < -0.4 is 5.32 Å². The highest BCUT2D eigenvalue weighted by molar-refractivity contribution is 6.29. The molecule has 3 heterocycles. The molecule has 164 valence electrons. The van der Waals surface area contributed by atoms with Gasteiger partial charge in [0.1, 0.15) is 17.2 Å². The van der Waals surface area contributed by atoms with Gasteiger partial charge in [0, 0.05) is 32.7 Å². The van der Waals surface area contributed by atoms with Crippen molar-refractivity contribution in [2.45, 2.75) is 19.0 Å². The lowest BCUT2D eigenvalue weighted by Crippen LogP contribution is -2.55. The first-order valence-electron chi connectivity index (χ1n) is 9.87. The van der Waals surface area contributed by atoms with E-state index < -0.39 is 0 Å². The zero-order valence-electron chi connectivity index (χ0n) is 17.5. The second kappa shape index (κ2) is 9.95. The third-order valence-electron chi connectivity index (χ3n) is 5.28. The number of aliphatic hydroxyl groups is 1. The minimum absolute atomic E-state index is 0.00824. The Morgan fingerprint density at radius 1 is 1.29 bits per heavy atom. The summed E-state index contributed by atoms with van der Waals surface area (Å²) < 4.78 is 0. The van der Waals surface area contributed by atoms with E-state index in [4.69, 9.17) is 11.6 Å². The molecule has 1 aliphatic rings. The molecule has 31 heavy (non-hydrogen) atoms. The van der Waals surface area contributed by atoms with Gasteiger partial charge in [-0.1, -0.05) is 18.2 Å². The van der Waals surface area contributed by atoms with Crippen molar-refractivity contribution in [3.05, 3.63) is 53.6 Å². The van der Waals surface area contributed by atoms with E-state index in [2.05, 4.69) is 31.7 Å². The summed E-state index contributed by atoms with van der Waals surface area (Å²) in [5.41, 5.74) is 1.98. The van der Waals surface area contributed by atoms with Crippen molar-refractivity contribution in [3.8, 4) is 11.4 Å². The molecule has 2 aromatic rings. The Kier molecular flexibility index (Phi) is 7.32. The van der Waals surface area contributed by atoms with E-state index in [-0.39, 0.29) is 41.4 Å². The molecule has 9 nitrogen and oxygen atoms in total. The van der Waals surface area contributed by atoms with Crippen molar-refractivity contribution in [2.24, 2.45) is 0 Å². The topological polar surface area (TPSA) is 112 Å². The number of carbonyl (C=O) groups is 2. The highest BCUT2D eigenvalue weighted by Crippen LogP contribution is 2.31. The summed E-state index contributed by atoms with van der Waals surface area (Å²) >= 11 is 6.33. The van der Waals surface area contributed by atoms with Crippen LogP contribution in [0, 0.1) is 0 Å². The average molecular weight is 445 g/mol. The molecule has 1 fully saturated rings. The monoisotopic (exact) mass is 444 g/mol. The van der Waals surface area contributed by atoms with Gasteiger partial charge in [0.15, 0.2) is 0 Å². The van der Waals surface area contributed by atoms with Gasteiger partial charge in [-0.3, -0.25) is 14.5 Å². The SMILES string of the molecule is C=CC(=O)N1C[C@H](c2cc(Cl)nc(-c3cc(C(=O)NC)ncn3)c2)N(CCO)C[C@H]1C. The molecule has 1 saturated heterocycles. The Hall–Kier alpha value is -2.88. The normalized spacial score (nSPS) is 19.2. The molecule has 1 aliphatic heterocycles. The van der Waals surface area contributed by atoms with Gasteiger partial charge in [-0.25, -0.2) is 15.0 Å². The maximum Gasteiger partial charge on any atom is 0.269 e. The van der Waals surface area contributed by atoms with E-state index >= 15 is 0 Å². The largest absolute Gasteiger partial charge is 0.395 e. The van der Waals surface area contributed by atoms with Crippen molar-refractivity contribution in [1.82, 2.24) is 30.1 Å². The van der Waals surface area contributed by atoms with Gasteiger partial charge in [-0.15, -0.1) is 0 Å². The molecule has 2 N–H and O–H groups in total. The lowest BCUT2D eigenvalue weighted by molar-refractivity contribution is -0.132. The Morgan fingerprint density at radius 3 is 2.74 bits per heavy atom. The predicted octanol–water partition coefficient (Wildman–Crippen LogP) is 1.30. The van der Waals surface area contributed by atoms with Crippen LogP contribution in [0.1, 0.15) is 29.0 Å². The third-order valence-corrected chi connectivity index (χ3v) is 5.47. The summed E-state index contributed by atoms with van der Waals surface area (Å²) in [5.74, 6) is -0.479. The number of nitrogens with zero attached hydrogens (tertiary/aromatic N) is 5. The number of halogens is 1. The maximum atomic E-state index is 12.4. The summed E-state index contributed by atoms with van der Waals surface area (Å²) in [6.07, 6.45) is 2.61. The maximum absolute atomic E-state index is 12.4. The Bertz CT molecular complexity index is 985. The quantitative estimate of drug-likeness (QED) is 0.510. The third kappa shape index (κ3) is 5.07. The van der Waals surface area contributed by atoms with Crippen molar-refractivity contribution >= 4 is 23.4 Å². The van der Waals surface area contributed by atoms with Crippen molar-refractivity contribution in [3.63, 3.8) is 0 Å². The minimum atomic E-state index is -0.333. The van der Waals surface area contributed by atoms with Crippen LogP contribution in [0.5, 0.6) is 0 Å². The fourth-order valence-electron chi connectivity index (χ4n) is 3.75. The molecular weight excluding hydrogens is 420 g/mol. The van der Waals surface area contributed by atoms with Crippen LogP contribution in [-0.4, -0.2) is 81.0 Å². The number of hydrogen-bond donors (Lipinski definition) is 2. The smallest absolute Gasteiger partial charge is 0.269 e. The number of amides is 2. The summed E-state index contributed by atoms with van der Waals surface area (Å²) in [6, 6.07) is 4.90. The van der Waals surface area contributed by atoms with Gasteiger partial charge in [0.2, 0.25) is 5.91 Å². The molecule has 0 unspecified atom stereocenters. The molecule has 10 heteroatoms. The van der Waals surface area contributed by atoms with Crippen LogP contribution in [0.25, 0.3) is 11.4 Å². The first-order chi connectivity index (χ1) is 14.9. The molecule has 2 atom stereocenters. The summed E-state index contributed by atoms with van der Waals surface area (Å²) in [5, 5.41) is 12.3. The molecule has 0 aromatic carbocycles. The van der Waals surface area contributed by atoms with Gasteiger partial charge < -0.3 is 15.3 Å². The summed E-state index contributed by atoms with van der Waals surface area (Å²) in [7, 11) is 1.52. The standard InChI is InChI=1S/C21H25ClN6O3/c1-4-20(30)28-11-18(27(5-6-29)10-13(28)2)14-7-16(26-19(22)8-14)15-9-17(21(31)23-3)25-12-24-15/h4,7-9,12-13,18,29H,1,5-6,10-11H2,2-3H3,(H,23,31)/t13-,18-/m1/s1. The van der Waals surface area contributed by atoms with E-state index in [0.29, 0.717) is 31.0 Å². The first kappa shape index (κ1) is 22.8. The van der Waals surface area contributed by atoms with Crippen LogP contribution in [0.4, 0.5) is 0 Å². The van der Waals surface area contributed by atoms with Gasteiger partial charge >= 0.3 is 0 Å². The number of aliphatic hydroxyl groups excluding tert-OH is 1. The van der Waals surface area contributed by atoms with Crippen LogP contribution in [0.2, 0.25) is 5.15 Å². The molecule has 0 spiro atoms. The second-order valence-electron chi connectivity index (χ2n) is 7.25. The Balaban J connectivity index is 2.01. The van der Waals surface area contributed by atoms with Crippen LogP contribution >= 0.6 is 11.6 Å². The number of carbonyl (C=O) groups excluding carboxylic acids is 2. The van der Waals surface area contributed by atoms with Crippen LogP contribution in [0.3, 0.4) is 0 Å². The van der Waals surface area contributed by atoms with E-state index in [9.17, 15) is 14.7 Å². The Morgan fingerprint density at radius 2 is 2.06 bits per heavy atom. The van der Waals surface area contributed by atoms with Gasteiger partial charge in [0.05, 0.1) is 24.0 Å². The van der Waals surface area contributed by atoms with Crippen molar-refractivity contribution < 1.29 is 14.7 Å². The fourth-order valence-corrected chi connectivity index (χ4v) is 3.97. The Labute approximate surface area is 185 Å². The lowest BCUT2D eigenvalue weighted by atomic mass is 9.99. The van der Waals surface area contributed by atoms with Crippen LogP contribution in [0.15, 0.2) is 37.2 Å². The zero-order valence-corrected chi connectivity index (χ0v) is 18.2. The van der Waals surface area contributed by atoms with Crippen molar-refractivity contribution in [1.29, 1.82) is 0 Å². The fraction of sp³-hybridized carbons (Fsp3) is 0.381. The first-order valence-corrected chi connectivity index (χ1v) is 10.3. The highest BCUT2D eigenvalue weighted by Gasteiger charge is 2.34. The predicted molar refractivity (Wildman–Crippen MR) is 116 cm³/mol. The minimum Gasteiger partial charge on any atom is -0.395 e. The number of β-amino-alcohol motifs (C(OH)–C–C–N with tert-alkyl or cyclic N) is 1. The number of pyridine rings is 1. The van der Waals surface area contributed by atoms with E-state index in [1.165, 1.54) is 19.5 Å². The number of rotatable bonds is 6. The number of hydrogen-bond acceptors (Lipinski definition) is 7. The van der Waals surface area contributed by atoms with Gasteiger partial charge in [0.25, 0.3) is 5.91 Å². The zero-order chi connectivity index (χ0) is 22.5. The molecule has 0 aliphatic carbocycles. The van der Waals surface area contributed by atoms with E-state index in [1.54, 1.807) is 17.0 Å². The number of nitrogens with one attached hydrogen (secondary N) is 1. The van der Waals surface area contributed by atoms with E-state index in [0.717, 1.165) is 5.56 Å². The summed E-state index contributed by atoms with van der Waals surface area (Å²) in [6.45, 7) is 7.02. The molecular formula is C21H25ClN6O3. The molecule has 2 aromatic heterocycles. The van der Waals surface area contributed by atoms with Gasteiger partial charge in [-0.05, 0) is 36.8 Å². The number of aromatic nitrogens is 3. The molecule has 0 bridgehead atoms. The second-order valence-corrected chi connectivity index (χ2v) is 7.64. The van der Waals surface area contributed by atoms with Gasteiger partial charge in [-0.2, -0.15) is 0 Å². The average Bonchev–Trinajstić information content (AvgIpc) is 2.78. The number of piperazine rings is 1. The molecule has 2 amide bonds. The van der Waals surface area contributed by atoms with E-state index in [1.807, 2.05) is 13.0 Å². The highest BCUT2D eigenvalue weighted by atomic mass is 35.5. The molecule has 0 saturated carbocycles. The van der Waals surface area contributed by atoms with Crippen molar-refractivity contribution in [2.75, 3.05) is 33.3 Å². The molecule has 0 radical (unpaired) electrons. The molecule has 3 rings (SSSR count). The van der Waals surface area contributed by atoms with Crippen LogP contribution in [-0.2, 0) is 4.79 Å². The summed E-state index contributed by atoms with van der Waals surface area (Å²) in [4.78, 5) is 40.7.